The van der Waals surface area contributed by atoms with Gasteiger partial charge in [0.25, 0.3) is 5.91 Å². The zero-order valence-electron chi connectivity index (χ0n) is 14.6. The van der Waals surface area contributed by atoms with Crippen LogP contribution < -0.4 is 10.6 Å². The molecule has 0 atom stereocenters. The molecule has 0 unspecified atom stereocenters. The van der Waals surface area contributed by atoms with Gasteiger partial charge in [-0.3, -0.25) is 4.79 Å². The zero-order valence-corrected chi connectivity index (χ0v) is 15.3. The molecule has 0 saturated carbocycles. The van der Waals surface area contributed by atoms with Gasteiger partial charge in [0.05, 0.1) is 12.4 Å². The van der Waals surface area contributed by atoms with Gasteiger partial charge in [0, 0.05) is 17.3 Å². The van der Waals surface area contributed by atoms with Crippen LogP contribution in [0.5, 0.6) is 0 Å². The molecule has 6 heteroatoms. The average Bonchev–Trinajstić information content (AvgIpc) is 2.64. The number of nitrogens with one attached hydrogen (secondary N) is 2. The summed E-state index contributed by atoms with van der Waals surface area (Å²) in [5.74, 6) is 0.289. The lowest BCUT2D eigenvalue weighted by Gasteiger charge is -2.10. The van der Waals surface area contributed by atoms with Crippen LogP contribution in [0.25, 0.3) is 0 Å². The molecular formula is C20H19ClN4O. The van der Waals surface area contributed by atoms with Crippen molar-refractivity contribution in [2.24, 2.45) is 0 Å². The Morgan fingerprint density at radius 2 is 1.88 bits per heavy atom. The molecule has 0 aliphatic heterocycles. The lowest BCUT2D eigenvalue weighted by Crippen LogP contribution is -2.24. The van der Waals surface area contributed by atoms with Crippen molar-refractivity contribution in [3.8, 4) is 0 Å². The summed E-state index contributed by atoms with van der Waals surface area (Å²) in [6, 6.07) is 13.5. The molecule has 5 nitrogen and oxygen atoms in total. The molecule has 0 fully saturated rings. The number of carbonyl (C=O) groups excluding carboxylic acids is 1. The van der Waals surface area contributed by atoms with Crippen molar-refractivity contribution in [3.63, 3.8) is 0 Å². The highest BCUT2D eigenvalue weighted by Crippen LogP contribution is 2.20. The van der Waals surface area contributed by atoms with Crippen LogP contribution >= 0.6 is 11.6 Å². The van der Waals surface area contributed by atoms with Crippen LogP contribution in [0.1, 0.15) is 27.2 Å². The third-order valence-electron chi connectivity index (χ3n) is 3.94. The number of anilines is 2. The minimum atomic E-state index is -0.296. The van der Waals surface area contributed by atoms with Crippen LogP contribution in [0.15, 0.2) is 54.9 Å². The van der Waals surface area contributed by atoms with Crippen molar-refractivity contribution >= 4 is 29.0 Å². The number of aromatic nitrogens is 2. The summed E-state index contributed by atoms with van der Waals surface area (Å²) in [6.45, 7) is 4.39. The van der Waals surface area contributed by atoms with Gasteiger partial charge in [0.1, 0.15) is 11.5 Å². The molecule has 1 amide bonds. The second kappa shape index (κ2) is 7.97. The molecule has 1 aromatic heterocycles. The smallest absolute Gasteiger partial charge is 0.271 e. The van der Waals surface area contributed by atoms with E-state index in [2.05, 4.69) is 26.7 Å². The van der Waals surface area contributed by atoms with E-state index in [4.69, 9.17) is 11.6 Å². The lowest BCUT2D eigenvalue weighted by atomic mass is 10.1. The highest BCUT2D eigenvalue weighted by Gasteiger charge is 2.09. The van der Waals surface area contributed by atoms with Gasteiger partial charge >= 0.3 is 0 Å². The number of carbonyl (C=O) groups is 1. The van der Waals surface area contributed by atoms with E-state index in [0.29, 0.717) is 17.4 Å². The van der Waals surface area contributed by atoms with Gasteiger partial charge in [-0.05, 0) is 42.7 Å². The molecule has 3 rings (SSSR count). The summed E-state index contributed by atoms with van der Waals surface area (Å²) in [6.07, 6.45) is 3.00. The maximum atomic E-state index is 12.2. The van der Waals surface area contributed by atoms with Gasteiger partial charge in [0.15, 0.2) is 0 Å². The summed E-state index contributed by atoms with van der Waals surface area (Å²) in [5, 5.41) is 6.63. The SMILES string of the molecule is Cc1ccc(C)c(Nc2cnc(C(=O)NCc3ccccc3Cl)cn2)c1. The third-order valence-corrected chi connectivity index (χ3v) is 4.31. The van der Waals surface area contributed by atoms with Crippen LogP contribution in [-0.2, 0) is 6.54 Å². The molecule has 0 aliphatic carbocycles. The molecule has 0 radical (unpaired) electrons. The Bertz CT molecular complexity index is 925. The van der Waals surface area contributed by atoms with E-state index in [-0.39, 0.29) is 11.6 Å². The van der Waals surface area contributed by atoms with Gasteiger partial charge in [-0.15, -0.1) is 0 Å². The molecule has 0 spiro atoms. The van der Waals surface area contributed by atoms with Gasteiger partial charge in [-0.1, -0.05) is 41.9 Å². The van der Waals surface area contributed by atoms with Crippen LogP contribution in [0.2, 0.25) is 5.02 Å². The second-order valence-electron chi connectivity index (χ2n) is 6.00. The quantitative estimate of drug-likeness (QED) is 0.701. The van der Waals surface area contributed by atoms with E-state index in [1.54, 1.807) is 12.3 Å². The van der Waals surface area contributed by atoms with Crippen LogP contribution in [0.3, 0.4) is 0 Å². The lowest BCUT2D eigenvalue weighted by molar-refractivity contribution is 0.0945. The van der Waals surface area contributed by atoms with E-state index >= 15 is 0 Å². The number of hydrogen-bond donors (Lipinski definition) is 2. The maximum Gasteiger partial charge on any atom is 0.271 e. The number of halogens is 1. The highest BCUT2D eigenvalue weighted by atomic mass is 35.5. The van der Waals surface area contributed by atoms with Crippen LogP contribution in [0.4, 0.5) is 11.5 Å². The Kier molecular flexibility index (Phi) is 5.49. The van der Waals surface area contributed by atoms with Crippen molar-refractivity contribution in [1.29, 1.82) is 0 Å². The number of nitrogens with zero attached hydrogens (tertiary/aromatic N) is 2. The number of rotatable bonds is 5. The first-order valence-corrected chi connectivity index (χ1v) is 8.58. The van der Waals surface area contributed by atoms with Crippen LogP contribution in [0, 0.1) is 13.8 Å². The largest absolute Gasteiger partial charge is 0.347 e. The fourth-order valence-electron chi connectivity index (χ4n) is 2.43. The number of amides is 1. The number of hydrogen-bond acceptors (Lipinski definition) is 4. The first-order chi connectivity index (χ1) is 12.5. The van der Waals surface area contributed by atoms with Gasteiger partial charge in [0.2, 0.25) is 0 Å². The molecule has 132 valence electrons. The standard InChI is InChI=1S/C20H19ClN4O/c1-13-7-8-14(2)17(9-13)25-19-12-22-18(11-23-19)20(26)24-10-15-5-3-4-6-16(15)21/h3-9,11-12H,10H2,1-2H3,(H,23,25)(H,24,26). The minimum Gasteiger partial charge on any atom is -0.347 e. The van der Waals surface area contributed by atoms with E-state index in [1.165, 1.54) is 6.20 Å². The fourth-order valence-corrected chi connectivity index (χ4v) is 2.63. The number of aryl methyl sites for hydroxylation is 2. The Balaban J connectivity index is 1.64. The van der Waals surface area contributed by atoms with E-state index in [9.17, 15) is 4.79 Å². The third kappa shape index (κ3) is 4.37. The molecule has 0 aliphatic rings. The summed E-state index contributed by atoms with van der Waals surface area (Å²) >= 11 is 6.09. The molecule has 0 bridgehead atoms. The number of benzene rings is 2. The van der Waals surface area contributed by atoms with Crippen molar-refractivity contribution < 1.29 is 4.79 Å². The van der Waals surface area contributed by atoms with E-state index < -0.39 is 0 Å². The zero-order chi connectivity index (χ0) is 18.5. The predicted molar refractivity (Wildman–Crippen MR) is 104 cm³/mol. The molecular weight excluding hydrogens is 348 g/mol. The summed E-state index contributed by atoms with van der Waals surface area (Å²) in [4.78, 5) is 20.7. The Morgan fingerprint density at radius 1 is 1.08 bits per heavy atom. The molecule has 2 aromatic carbocycles. The Morgan fingerprint density at radius 3 is 2.62 bits per heavy atom. The second-order valence-corrected chi connectivity index (χ2v) is 6.41. The Hall–Kier alpha value is -2.92. The fraction of sp³-hybridized carbons (Fsp3) is 0.150. The normalized spacial score (nSPS) is 10.4. The van der Waals surface area contributed by atoms with Crippen molar-refractivity contribution in [2.45, 2.75) is 20.4 Å². The molecule has 1 heterocycles. The Labute approximate surface area is 157 Å². The minimum absolute atomic E-state index is 0.253. The monoisotopic (exact) mass is 366 g/mol. The van der Waals surface area contributed by atoms with Gasteiger partial charge < -0.3 is 10.6 Å². The van der Waals surface area contributed by atoms with Crippen molar-refractivity contribution in [1.82, 2.24) is 15.3 Å². The summed E-state index contributed by atoms with van der Waals surface area (Å²) in [7, 11) is 0. The van der Waals surface area contributed by atoms with Gasteiger partial charge in [-0.25, -0.2) is 9.97 Å². The van der Waals surface area contributed by atoms with Crippen molar-refractivity contribution in [3.05, 3.63) is 82.3 Å². The summed E-state index contributed by atoms with van der Waals surface area (Å²) in [5.41, 5.74) is 4.34. The maximum absolute atomic E-state index is 12.2. The molecule has 2 N–H and O–H groups in total. The topological polar surface area (TPSA) is 66.9 Å². The first-order valence-electron chi connectivity index (χ1n) is 8.21. The molecule has 3 aromatic rings. The van der Waals surface area contributed by atoms with Gasteiger partial charge in [-0.2, -0.15) is 0 Å². The summed E-state index contributed by atoms with van der Waals surface area (Å²) < 4.78 is 0. The molecule has 0 saturated heterocycles. The highest BCUT2D eigenvalue weighted by molar-refractivity contribution is 6.31. The first kappa shape index (κ1) is 17.9. The average molecular weight is 367 g/mol. The van der Waals surface area contributed by atoms with Crippen LogP contribution in [-0.4, -0.2) is 15.9 Å². The van der Waals surface area contributed by atoms with E-state index in [0.717, 1.165) is 22.4 Å². The van der Waals surface area contributed by atoms with E-state index in [1.807, 2.05) is 44.2 Å². The molecule has 26 heavy (non-hydrogen) atoms. The van der Waals surface area contributed by atoms with Crippen molar-refractivity contribution in [2.75, 3.05) is 5.32 Å². The predicted octanol–water partition coefficient (Wildman–Crippen LogP) is 4.42.